The molecule has 0 aliphatic rings. The molecule has 0 amide bonds. The van der Waals surface area contributed by atoms with Crippen molar-refractivity contribution in [3.05, 3.63) is 120 Å². The van der Waals surface area contributed by atoms with Gasteiger partial charge in [0.15, 0.2) is 0 Å². The number of aromatic nitrogens is 6. The molecule has 2 atom stereocenters. The summed E-state index contributed by atoms with van der Waals surface area (Å²) in [4.78, 5) is 27.0. The van der Waals surface area contributed by atoms with Gasteiger partial charge in [0.1, 0.15) is 0 Å². The molecule has 0 fully saturated rings. The van der Waals surface area contributed by atoms with E-state index in [1.165, 1.54) is 0 Å². The average molecular weight is 745 g/mol. The van der Waals surface area contributed by atoms with Crippen LogP contribution in [0.1, 0.15) is 25.0 Å². The van der Waals surface area contributed by atoms with Crippen molar-refractivity contribution in [3.63, 3.8) is 0 Å². The molecule has 2 unspecified atom stereocenters. The average Bonchev–Trinajstić information content (AvgIpc) is 3.15. The minimum absolute atomic E-state index is 0. The van der Waals surface area contributed by atoms with Crippen LogP contribution in [-0.2, 0) is 0 Å². The third-order valence-electron chi connectivity index (χ3n) is 7.43. The van der Waals surface area contributed by atoms with E-state index in [1.807, 2.05) is 135 Å². The number of para-hydroxylation sites is 2. The molecule has 8 N–H and O–H groups in total. The van der Waals surface area contributed by atoms with Crippen LogP contribution in [0.4, 0.5) is 58.4 Å². The van der Waals surface area contributed by atoms with E-state index in [0.717, 1.165) is 33.9 Å². The number of anilines is 10. The molecular formula is C38H42N12Na2O2. The number of rotatable bonds is 16. The van der Waals surface area contributed by atoms with E-state index in [1.54, 1.807) is 0 Å². The van der Waals surface area contributed by atoms with Gasteiger partial charge in [-0.05, 0) is 73.5 Å². The van der Waals surface area contributed by atoms with Crippen molar-refractivity contribution in [2.45, 2.75) is 25.9 Å². The predicted octanol–water partition coefficient (Wildman–Crippen LogP) is 5.49. The van der Waals surface area contributed by atoms with Crippen molar-refractivity contribution in [3.8, 4) is 0 Å². The molecule has 2 aromatic heterocycles. The molecule has 6 aromatic rings. The second-order valence-corrected chi connectivity index (χ2v) is 11.9. The second-order valence-electron chi connectivity index (χ2n) is 11.9. The molecular weight excluding hydrogens is 702 g/mol. The van der Waals surface area contributed by atoms with Crippen molar-refractivity contribution < 1.29 is 10.2 Å². The number of benzene rings is 4. The summed E-state index contributed by atoms with van der Waals surface area (Å²) in [5.74, 6) is 2.11. The Kier molecular flexibility index (Phi) is 16.6. The van der Waals surface area contributed by atoms with Crippen LogP contribution in [-0.4, -0.2) is 125 Å². The number of hydrogen-bond acceptors (Lipinski definition) is 14. The number of aliphatic hydroxyl groups is 2. The van der Waals surface area contributed by atoms with Gasteiger partial charge in [0.05, 0.1) is 13.2 Å². The molecule has 16 heteroatoms. The van der Waals surface area contributed by atoms with E-state index in [9.17, 15) is 10.2 Å². The van der Waals surface area contributed by atoms with Gasteiger partial charge in [0.25, 0.3) is 0 Å². The quantitative estimate of drug-likeness (QED) is 0.0459. The predicted molar refractivity (Wildman–Crippen MR) is 222 cm³/mol. The molecule has 2 heterocycles. The zero-order chi connectivity index (χ0) is 36.1. The Hall–Kier alpha value is -4.64. The van der Waals surface area contributed by atoms with Gasteiger partial charge in [0, 0.05) is 34.8 Å². The van der Waals surface area contributed by atoms with E-state index in [-0.39, 0.29) is 84.4 Å². The molecule has 14 nitrogen and oxygen atoms in total. The summed E-state index contributed by atoms with van der Waals surface area (Å²) in [6.45, 7) is 3.55. The van der Waals surface area contributed by atoms with Crippen LogP contribution >= 0.6 is 0 Å². The molecule has 0 aliphatic carbocycles. The van der Waals surface area contributed by atoms with E-state index in [4.69, 9.17) is 0 Å². The number of nitrogens with zero attached hydrogens (tertiary/aromatic N) is 6. The van der Waals surface area contributed by atoms with Gasteiger partial charge in [-0.1, -0.05) is 72.8 Å². The third-order valence-corrected chi connectivity index (χ3v) is 7.43. The molecule has 0 saturated carbocycles. The molecule has 54 heavy (non-hydrogen) atoms. The first-order chi connectivity index (χ1) is 25.4. The number of nitrogens with one attached hydrogen (secondary N) is 6. The van der Waals surface area contributed by atoms with Gasteiger partial charge < -0.3 is 42.1 Å². The Morgan fingerprint density at radius 3 is 1.00 bits per heavy atom. The molecule has 0 aliphatic heterocycles. The van der Waals surface area contributed by atoms with Crippen molar-refractivity contribution in [2.75, 3.05) is 45.1 Å². The van der Waals surface area contributed by atoms with Gasteiger partial charge in [-0.15, -0.1) is 0 Å². The normalized spacial score (nSPS) is 11.7. The summed E-state index contributed by atoms with van der Waals surface area (Å²) in [6.07, 6.45) is 4.06. The van der Waals surface area contributed by atoms with Crippen LogP contribution in [0.5, 0.6) is 0 Å². The van der Waals surface area contributed by atoms with Crippen molar-refractivity contribution in [1.29, 1.82) is 0 Å². The van der Waals surface area contributed by atoms with E-state index < -0.39 is 0 Å². The number of aliphatic hydroxyl groups excluding tert-OH is 2. The summed E-state index contributed by atoms with van der Waals surface area (Å²) in [5, 5.41) is 38.1. The van der Waals surface area contributed by atoms with Gasteiger partial charge in [-0.3, -0.25) is 0 Å². The van der Waals surface area contributed by atoms with Crippen molar-refractivity contribution >= 4 is 130 Å². The zero-order valence-corrected chi connectivity index (χ0v) is 28.7. The van der Waals surface area contributed by atoms with E-state index in [2.05, 4.69) is 61.8 Å². The number of hydrogen-bond donors (Lipinski definition) is 8. The Morgan fingerprint density at radius 2 is 0.704 bits per heavy atom. The third kappa shape index (κ3) is 13.0. The maximum absolute atomic E-state index is 9.51. The topological polar surface area (TPSA) is 190 Å². The maximum atomic E-state index is 9.51. The fourth-order valence-corrected chi connectivity index (χ4v) is 4.74. The van der Waals surface area contributed by atoms with Crippen LogP contribution in [0.2, 0.25) is 0 Å². The van der Waals surface area contributed by atoms with Gasteiger partial charge in [-0.2, -0.15) is 29.9 Å². The molecule has 6 rings (SSSR count). The summed E-state index contributed by atoms with van der Waals surface area (Å²) in [7, 11) is 0. The summed E-state index contributed by atoms with van der Waals surface area (Å²) >= 11 is 0. The Balaban J connectivity index is 0.00000325. The first-order valence-corrected chi connectivity index (χ1v) is 16.7. The SMILES string of the molecule is CC(CO)Nc1nc(Nc2ccccc2)nc(Nc2ccc(C=Cc3ccc(Nc4nc(Nc5ccccc5)nc(NC(C)CO)n4)cc3)cc2)n1.[NaH].[NaH]. The molecule has 268 valence electrons. The van der Waals surface area contributed by atoms with Gasteiger partial charge >= 0.3 is 59.1 Å². The summed E-state index contributed by atoms with van der Waals surface area (Å²) in [5.41, 5.74) is 5.30. The standard InChI is InChI=1S/C38H40N12O2.2Na.2H/c1-25(23-51)39-33-45-35(41-29-9-5-3-6-10-29)49-37(47-33)43-31-19-15-27(16-20-31)13-14-28-17-21-32(22-18-28)44-38-48-34(40-26(2)24-52)46-36(50-38)42-30-11-7-4-8-12-30;;;;/h3-22,25-26,51-52H,23-24H2,1-2H3,(H3,39,41,43,45,47,49)(H3,40,42,44,46,48,50);;;;. The Labute approximate surface area is 358 Å². The van der Waals surface area contributed by atoms with Crippen LogP contribution in [0, 0.1) is 0 Å². The zero-order valence-electron chi connectivity index (χ0n) is 28.7. The van der Waals surface area contributed by atoms with Crippen LogP contribution in [0.3, 0.4) is 0 Å². The summed E-state index contributed by atoms with van der Waals surface area (Å²) in [6, 6.07) is 34.6. The molecule has 0 saturated heterocycles. The van der Waals surface area contributed by atoms with Crippen molar-refractivity contribution in [2.24, 2.45) is 0 Å². The monoisotopic (exact) mass is 744 g/mol. The fraction of sp³-hybridized carbons (Fsp3) is 0.158. The molecule has 4 aromatic carbocycles. The molecule has 0 radical (unpaired) electrons. The first-order valence-electron chi connectivity index (χ1n) is 16.7. The molecule has 0 spiro atoms. The van der Waals surface area contributed by atoms with Gasteiger partial charge in [0.2, 0.25) is 35.7 Å². The van der Waals surface area contributed by atoms with E-state index in [0.29, 0.717) is 35.7 Å². The van der Waals surface area contributed by atoms with E-state index >= 15 is 0 Å². The first kappa shape index (κ1) is 42.1. The Morgan fingerprint density at radius 1 is 0.426 bits per heavy atom. The summed E-state index contributed by atoms with van der Waals surface area (Å²) < 4.78 is 0. The van der Waals surface area contributed by atoms with Crippen LogP contribution in [0.15, 0.2) is 109 Å². The minimum atomic E-state index is -0.234. The fourth-order valence-electron chi connectivity index (χ4n) is 4.74. The van der Waals surface area contributed by atoms with Crippen molar-refractivity contribution in [1.82, 2.24) is 29.9 Å². The molecule has 0 bridgehead atoms. The second kappa shape index (κ2) is 21.3. The Bertz CT molecular complexity index is 1910. The van der Waals surface area contributed by atoms with Crippen LogP contribution < -0.4 is 31.9 Å². The van der Waals surface area contributed by atoms with Crippen LogP contribution in [0.25, 0.3) is 12.2 Å². The van der Waals surface area contributed by atoms with Gasteiger partial charge in [-0.25, -0.2) is 0 Å².